The number of unbranched alkanes of at least 4 members (excludes halogenated alkanes) is 2. The first kappa shape index (κ1) is 31.0. The van der Waals surface area contributed by atoms with E-state index in [1.165, 1.54) is 13.3 Å². The van der Waals surface area contributed by atoms with E-state index in [1.54, 1.807) is 6.20 Å². The summed E-state index contributed by atoms with van der Waals surface area (Å²) in [6.45, 7) is 2.01. The third kappa shape index (κ3) is 11.1. The van der Waals surface area contributed by atoms with Gasteiger partial charge in [-0.25, -0.2) is 9.78 Å². The monoisotopic (exact) mass is 512 g/mol. The van der Waals surface area contributed by atoms with E-state index in [0.717, 1.165) is 0 Å². The van der Waals surface area contributed by atoms with Gasteiger partial charge in [0.25, 0.3) is 0 Å². The number of rotatable bonds is 18. The molecule has 0 spiro atoms. The molecular weight excluding hydrogens is 472 g/mol. The topological polar surface area (TPSA) is 252 Å². The molecule has 0 fully saturated rings. The number of carboxylic acids is 1. The average Bonchev–Trinajstić information content (AvgIpc) is 3.33. The molecule has 14 heteroatoms. The summed E-state index contributed by atoms with van der Waals surface area (Å²) in [4.78, 5) is 56.7. The van der Waals surface area contributed by atoms with E-state index in [9.17, 15) is 29.4 Å². The van der Waals surface area contributed by atoms with Gasteiger partial charge in [-0.3, -0.25) is 14.4 Å². The number of aliphatic hydroxyl groups excluding tert-OH is 1. The predicted octanol–water partition coefficient (Wildman–Crippen LogP) is -2.54. The Balaban J connectivity index is 2.95. The number of hydrogen-bond donors (Lipinski definition) is 9. The quantitative estimate of drug-likeness (QED) is 0.0931. The number of nitrogens with two attached hydrogens (primary N) is 3. The molecule has 14 nitrogen and oxygen atoms in total. The van der Waals surface area contributed by atoms with Gasteiger partial charge in [-0.1, -0.05) is 0 Å². The second-order valence-electron chi connectivity index (χ2n) is 8.64. The van der Waals surface area contributed by atoms with Crippen LogP contribution >= 0.6 is 0 Å². The molecule has 0 aliphatic rings. The molecule has 1 heterocycles. The molecule has 0 aliphatic carbocycles. The van der Waals surface area contributed by atoms with Crippen LogP contribution in [0.4, 0.5) is 0 Å². The van der Waals surface area contributed by atoms with Gasteiger partial charge >= 0.3 is 5.97 Å². The molecule has 0 bridgehead atoms. The Morgan fingerprint density at radius 3 is 1.92 bits per heavy atom. The summed E-state index contributed by atoms with van der Waals surface area (Å²) in [5.41, 5.74) is 17.7. The van der Waals surface area contributed by atoms with E-state index in [4.69, 9.17) is 17.2 Å². The molecule has 204 valence electrons. The minimum Gasteiger partial charge on any atom is -0.480 e. The van der Waals surface area contributed by atoms with Crippen LogP contribution < -0.4 is 33.2 Å². The highest BCUT2D eigenvalue weighted by atomic mass is 16.4. The van der Waals surface area contributed by atoms with E-state index in [-0.39, 0.29) is 19.3 Å². The maximum Gasteiger partial charge on any atom is 0.328 e. The molecule has 0 saturated carbocycles. The van der Waals surface area contributed by atoms with Gasteiger partial charge in [0, 0.05) is 18.3 Å². The number of nitrogens with zero attached hydrogens (tertiary/aromatic N) is 1. The van der Waals surface area contributed by atoms with Crippen molar-refractivity contribution in [3.63, 3.8) is 0 Å². The summed E-state index contributed by atoms with van der Waals surface area (Å²) in [6, 6.07) is -4.58. The first-order chi connectivity index (χ1) is 17.1. The molecule has 1 aromatic rings. The number of imidazole rings is 1. The molecule has 0 aliphatic heterocycles. The van der Waals surface area contributed by atoms with E-state index < -0.39 is 54.0 Å². The number of amides is 3. The van der Waals surface area contributed by atoms with Crippen molar-refractivity contribution in [3.05, 3.63) is 18.2 Å². The third-order valence-electron chi connectivity index (χ3n) is 5.54. The van der Waals surface area contributed by atoms with Gasteiger partial charge in [-0.05, 0) is 58.5 Å². The smallest absolute Gasteiger partial charge is 0.328 e. The minimum absolute atomic E-state index is 0.184. The van der Waals surface area contributed by atoms with Crippen LogP contribution in [-0.2, 0) is 25.6 Å². The lowest BCUT2D eigenvalue weighted by Gasteiger charge is -2.26. The SMILES string of the molecule is CC(O)C(NC(=O)C(CCCCN)NC(=O)C(CCCCN)NC(=O)C(N)Cc1cnc[nH]1)C(=O)O. The van der Waals surface area contributed by atoms with Gasteiger partial charge in [-0.2, -0.15) is 0 Å². The van der Waals surface area contributed by atoms with E-state index in [0.29, 0.717) is 44.5 Å². The Hall–Kier alpha value is -3.07. The zero-order valence-electron chi connectivity index (χ0n) is 20.6. The van der Waals surface area contributed by atoms with Crippen molar-refractivity contribution in [1.29, 1.82) is 0 Å². The van der Waals surface area contributed by atoms with Crippen molar-refractivity contribution in [3.8, 4) is 0 Å². The number of aliphatic hydroxyl groups is 1. The van der Waals surface area contributed by atoms with E-state index >= 15 is 0 Å². The molecule has 1 rings (SSSR count). The van der Waals surface area contributed by atoms with Crippen molar-refractivity contribution in [1.82, 2.24) is 25.9 Å². The first-order valence-corrected chi connectivity index (χ1v) is 12.1. The standard InChI is InChI=1S/C22H40N8O6/c1-13(31)18(22(35)36)30-21(34)17(7-3-5-9-24)29-20(33)16(6-2-4-8-23)28-19(32)15(25)10-14-11-26-12-27-14/h11-13,15-18,31H,2-10,23-25H2,1H3,(H,26,27)(H,28,32)(H,29,33)(H,30,34)(H,35,36). The summed E-state index contributed by atoms with van der Waals surface area (Å²) >= 11 is 0. The zero-order valence-corrected chi connectivity index (χ0v) is 20.6. The van der Waals surface area contributed by atoms with Crippen molar-refractivity contribution in [2.75, 3.05) is 13.1 Å². The summed E-state index contributed by atoms with van der Waals surface area (Å²) in [6.07, 6.45) is 4.50. The van der Waals surface area contributed by atoms with E-state index in [1.807, 2.05) is 0 Å². The predicted molar refractivity (Wildman–Crippen MR) is 131 cm³/mol. The Morgan fingerprint density at radius 2 is 1.47 bits per heavy atom. The third-order valence-corrected chi connectivity index (χ3v) is 5.54. The number of H-pyrrole nitrogens is 1. The highest BCUT2D eigenvalue weighted by Gasteiger charge is 2.31. The van der Waals surface area contributed by atoms with Gasteiger partial charge in [0.05, 0.1) is 18.5 Å². The average molecular weight is 513 g/mol. The number of aromatic amines is 1. The summed E-state index contributed by atoms with van der Waals surface area (Å²) in [7, 11) is 0. The zero-order chi connectivity index (χ0) is 27.1. The fourth-order valence-electron chi connectivity index (χ4n) is 3.44. The molecular formula is C22H40N8O6. The minimum atomic E-state index is -1.55. The number of hydrogen-bond acceptors (Lipinski definition) is 9. The summed E-state index contributed by atoms with van der Waals surface area (Å²) in [5.74, 6) is -3.35. The normalized spacial score (nSPS) is 15.2. The van der Waals surface area contributed by atoms with Crippen molar-refractivity contribution in [2.24, 2.45) is 17.2 Å². The Kier molecular flexibility index (Phi) is 14.3. The number of nitrogens with one attached hydrogen (secondary N) is 4. The number of aromatic nitrogens is 2. The van der Waals surface area contributed by atoms with Crippen molar-refractivity contribution >= 4 is 23.7 Å². The maximum absolute atomic E-state index is 13.1. The molecule has 36 heavy (non-hydrogen) atoms. The summed E-state index contributed by atoms with van der Waals surface area (Å²) in [5, 5.41) is 26.5. The molecule has 0 radical (unpaired) electrons. The van der Waals surface area contributed by atoms with Gasteiger partial charge in [0.1, 0.15) is 12.1 Å². The van der Waals surface area contributed by atoms with Gasteiger partial charge in [0.2, 0.25) is 17.7 Å². The van der Waals surface area contributed by atoms with Gasteiger partial charge in [0.15, 0.2) is 6.04 Å². The van der Waals surface area contributed by atoms with Crippen LogP contribution in [0.3, 0.4) is 0 Å². The molecule has 5 atom stereocenters. The molecule has 1 aromatic heterocycles. The fraction of sp³-hybridized carbons (Fsp3) is 0.682. The van der Waals surface area contributed by atoms with Crippen LogP contribution in [0, 0.1) is 0 Å². The van der Waals surface area contributed by atoms with Gasteiger partial charge in [-0.15, -0.1) is 0 Å². The lowest BCUT2D eigenvalue weighted by Crippen LogP contribution is -2.58. The van der Waals surface area contributed by atoms with Crippen LogP contribution in [0.15, 0.2) is 12.5 Å². The Morgan fingerprint density at radius 1 is 0.944 bits per heavy atom. The van der Waals surface area contributed by atoms with Gasteiger partial charge < -0.3 is 48.3 Å². The van der Waals surface area contributed by atoms with Crippen molar-refractivity contribution in [2.45, 2.75) is 82.1 Å². The number of carboxylic acid groups (broad SMARTS) is 1. The van der Waals surface area contributed by atoms with Crippen LogP contribution in [0.2, 0.25) is 0 Å². The molecule has 0 aromatic carbocycles. The van der Waals surface area contributed by atoms with Crippen LogP contribution in [-0.4, -0.2) is 87.2 Å². The van der Waals surface area contributed by atoms with Crippen LogP contribution in [0.25, 0.3) is 0 Å². The van der Waals surface area contributed by atoms with Crippen molar-refractivity contribution < 1.29 is 29.4 Å². The number of carbonyl (C=O) groups excluding carboxylic acids is 3. The maximum atomic E-state index is 13.1. The molecule has 3 amide bonds. The largest absolute Gasteiger partial charge is 0.480 e. The Bertz CT molecular complexity index is 819. The van der Waals surface area contributed by atoms with Crippen LogP contribution in [0.5, 0.6) is 0 Å². The molecule has 0 saturated heterocycles. The summed E-state index contributed by atoms with van der Waals surface area (Å²) < 4.78 is 0. The second-order valence-corrected chi connectivity index (χ2v) is 8.64. The Labute approximate surface area is 210 Å². The second kappa shape index (κ2) is 16.6. The van der Waals surface area contributed by atoms with E-state index in [2.05, 4.69) is 25.9 Å². The fourth-order valence-corrected chi connectivity index (χ4v) is 3.44. The van der Waals surface area contributed by atoms with Crippen LogP contribution in [0.1, 0.15) is 51.1 Å². The lowest BCUT2D eigenvalue weighted by atomic mass is 10.0. The molecule has 12 N–H and O–H groups in total. The first-order valence-electron chi connectivity index (χ1n) is 12.1. The lowest BCUT2D eigenvalue weighted by molar-refractivity contribution is -0.145. The number of carbonyl (C=O) groups is 4. The molecule has 5 unspecified atom stereocenters. The number of aliphatic carboxylic acids is 1. The highest BCUT2D eigenvalue weighted by Crippen LogP contribution is 2.07. The highest BCUT2D eigenvalue weighted by molar-refractivity contribution is 5.94.